The number of rotatable bonds is 8. The zero-order valence-corrected chi connectivity index (χ0v) is 18.2. The van der Waals surface area contributed by atoms with Gasteiger partial charge in [-0.25, -0.2) is 4.39 Å². The summed E-state index contributed by atoms with van der Waals surface area (Å²) in [6.07, 6.45) is 0.816. The predicted octanol–water partition coefficient (Wildman–Crippen LogP) is 3.01. The van der Waals surface area contributed by atoms with Gasteiger partial charge in [-0.15, -0.1) is 0 Å². The van der Waals surface area contributed by atoms with Crippen molar-refractivity contribution in [1.29, 1.82) is 0 Å². The fourth-order valence-electron chi connectivity index (χ4n) is 3.62. The molecule has 1 amide bonds. The van der Waals surface area contributed by atoms with Crippen LogP contribution in [-0.2, 0) is 16.1 Å². The number of likely N-dealkylation sites (N-methyl/N-ethyl adjacent to an activating group) is 1. The summed E-state index contributed by atoms with van der Waals surface area (Å²) in [5.74, 6) is 0.294. The molecule has 0 radical (unpaired) electrons. The van der Waals surface area contributed by atoms with Crippen molar-refractivity contribution in [3.05, 3.63) is 35.6 Å². The summed E-state index contributed by atoms with van der Waals surface area (Å²) in [6, 6.07) is 6.23. The number of nitrogens with zero attached hydrogens (tertiary/aromatic N) is 4. The van der Waals surface area contributed by atoms with E-state index < -0.39 is 0 Å². The van der Waals surface area contributed by atoms with Crippen LogP contribution in [0, 0.1) is 5.82 Å². The van der Waals surface area contributed by atoms with Gasteiger partial charge in [-0.05, 0) is 44.7 Å². The Morgan fingerprint density at radius 1 is 1.27 bits per heavy atom. The van der Waals surface area contributed by atoms with Crippen LogP contribution in [0.4, 0.5) is 10.3 Å². The molecular weight excluding hydrogens is 387 g/mol. The third-order valence-corrected chi connectivity index (χ3v) is 5.72. The molecule has 1 aromatic carbocycles. The minimum absolute atomic E-state index is 0.0192. The summed E-state index contributed by atoms with van der Waals surface area (Å²) in [5, 5.41) is 4.33. The number of hydrogen-bond acceptors (Lipinski definition) is 6. The lowest BCUT2D eigenvalue weighted by Gasteiger charge is -2.33. The van der Waals surface area contributed by atoms with E-state index in [4.69, 9.17) is 9.26 Å². The third-order valence-electron chi connectivity index (χ3n) is 5.72. The number of carbonyl (C=O) groups is 1. The lowest BCUT2D eigenvalue weighted by Crippen LogP contribution is -2.45. The Bertz CT molecular complexity index is 831. The number of halogens is 1. The Morgan fingerprint density at radius 3 is 2.53 bits per heavy atom. The Labute approximate surface area is 177 Å². The van der Waals surface area contributed by atoms with Crippen molar-refractivity contribution in [2.75, 3.05) is 51.8 Å². The first-order chi connectivity index (χ1) is 14.4. The number of piperazine rings is 1. The summed E-state index contributed by atoms with van der Waals surface area (Å²) in [4.78, 5) is 19.0. The Kier molecular flexibility index (Phi) is 7.44. The maximum Gasteiger partial charge on any atom is 0.249 e. The average molecular weight is 419 g/mol. The van der Waals surface area contributed by atoms with Crippen LogP contribution in [0.3, 0.4) is 0 Å². The maximum absolute atomic E-state index is 13.5. The molecule has 0 spiro atoms. The highest BCUT2D eigenvalue weighted by atomic mass is 19.1. The molecule has 8 heteroatoms. The van der Waals surface area contributed by atoms with Gasteiger partial charge in [0, 0.05) is 44.9 Å². The summed E-state index contributed by atoms with van der Waals surface area (Å²) in [7, 11) is 3.61. The van der Waals surface area contributed by atoms with Crippen molar-refractivity contribution >= 4 is 11.8 Å². The second kappa shape index (κ2) is 10.0. The molecule has 1 aliphatic rings. The van der Waals surface area contributed by atoms with E-state index >= 15 is 0 Å². The van der Waals surface area contributed by atoms with Crippen LogP contribution in [-0.4, -0.2) is 73.8 Å². The lowest BCUT2D eigenvalue weighted by molar-refractivity contribution is -0.138. The van der Waals surface area contributed by atoms with Crippen LogP contribution in [0.15, 0.2) is 28.8 Å². The number of amides is 1. The van der Waals surface area contributed by atoms with Gasteiger partial charge in [-0.2, -0.15) is 0 Å². The zero-order chi connectivity index (χ0) is 21.7. The maximum atomic E-state index is 13.5. The predicted molar refractivity (Wildman–Crippen MR) is 114 cm³/mol. The molecule has 0 N–H and O–H groups in total. The number of hydrogen-bond donors (Lipinski definition) is 0. The molecule has 0 bridgehead atoms. The molecule has 1 unspecified atom stereocenters. The second-order valence-electron chi connectivity index (χ2n) is 7.82. The van der Waals surface area contributed by atoms with Gasteiger partial charge in [-0.1, -0.05) is 12.1 Å². The fraction of sp³-hybridized carbons (Fsp3) is 0.545. The molecule has 30 heavy (non-hydrogen) atoms. The number of carbonyl (C=O) groups excluding carboxylic acids is 1. The van der Waals surface area contributed by atoms with E-state index in [1.54, 1.807) is 12.1 Å². The topological polar surface area (TPSA) is 62.1 Å². The van der Waals surface area contributed by atoms with E-state index in [-0.39, 0.29) is 24.4 Å². The highest BCUT2D eigenvalue weighted by molar-refractivity contribution is 5.78. The molecule has 1 saturated heterocycles. The first-order valence-corrected chi connectivity index (χ1v) is 10.4. The van der Waals surface area contributed by atoms with E-state index in [1.165, 1.54) is 19.2 Å². The first-order valence-electron chi connectivity index (χ1n) is 10.4. The van der Waals surface area contributed by atoms with Crippen LogP contribution in [0.25, 0.3) is 11.3 Å². The Hall–Kier alpha value is -2.45. The van der Waals surface area contributed by atoms with Crippen LogP contribution in [0.1, 0.15) is 25.8 Å². The highest BCUT2D eigenvalue weighted by Gasteiger charge is 2.29. The largest absolute Gasteiger partial charge is 0.375 e. The van der Waals surface area contributed by atoms with Crippen LogP contribution in [0.5, 0.6) is 0 Å². The number of anilines is 1. The molecular formula is C22H31FN4O3. The molecule has 1 aliphatic heterocycles. The lowest BCUT2D eigenvalue weighted by atomic mass is 10.1. The summed E-state index contributed by atoms with van der Waals surface area (Å²) in [5.41, 5.74) is 2.25. The van der Waals surface area contributed by atoms with E-state index in [2.05, 4.69) is 22.0 Å². The Morgan fingerprint density at radius 2 is 1.93 bits per heavy atom. The minimum Gasteiger partial charge on any atom is -0.375 e. The quantitative estimate of drug-likeness (QED) is 0.657. The molecule has 164 valence electrons. The molecule has 1 atom stereocenters. The zero-order valence-electron chi connectivity index (χ0n) is 18.2. The van der Waals surface area contributed by atoms with E-state index in [0.29, 0.717) is 18.1 Å². The van der Waals surface area contributed by atoms with Gasteiger partial charge in [0.2, 0.25) is 11.8 Å². The van der Waals surface area contributed by atoms with Crippen LogP contribution >= 0.6 is 0 Å². The van der Waals surface area contributed by atoms with Crippen molar-refractivity contribution in [2.45, 2.75) is 32.9 Å². The highest BCUT2D eigenvalue weighted by Crippen LogP contribution is 2.33. The van der Waals surface area contributed by atoms with Gasteiger partial charge in [0.25, 0.3) is 0 Å². The van der Waals surface area contributed by atoms with Crippen molar-refractivity contribution in [3.63, 3.8) is 0 Å². The molecule has 2 heterocycles. The van der Waals surface area contributed by atoms with E-state index in [0.717, 1.165) is 43.7 Å². The summed E-state index contributed by atoms with van der Waals surface area (Å²) >= 11 is 0. The third kappa shape index (κ3) is 4.99. The van der Waals surface area contributed by atoms with E-state index in [1.807, 2.05) is 18.7 Å². The van der Waals surface area contributed by atoms with E-state index in [9.17, 15) is 9.18 Å². The fourth-order valence-corrected chi connectivity index (χ4v) is 3.62. The molecule has 0 aliphatic carbocycles. The van der Waals surface area contributed by atoms with Gasteiger partial charge in [0.1, 0.15) is 18.1 Å². The van der Waals surface area contributed by atoms with Gasteiger partial charge < -0.3 is 24.0 Å². The summed E-state index contributed by atoms with van der Waals surface area (Å²) < 4.78 is 24.4. The molecule has 0 saturated carbocycles. The average Bonchev–Trinajstić information content (AvgIpc) is 3.16. The summed E-state index contributed by atoms with van der Waals surface area (Å²) in [6.45, 7) is 7.92. The van der Waals surface area contributed by atoms with Gasteiger partial charge >= 0.3 is 0 Å². The first kappa shape index (κ1) is 22.2. The minimum atomic E-state index is -0.306. The number of methoxy groups -OCH3 is 1. The SMILES string of the molecule is CCC(C)N(Cc1c(-c2ccc(F)cc2)noc1N1CCN(C)CC1)C(=O)COC. The van der Waals surface area contributed by atoms with Crippen molar-refractivity contribution < 1.29 is 18.4 Å². The van der Waals surface area contributed by atoms with Crippen molar-refractivity contribution in [3.8, 4) is 11.3 Å². The number of ether oxygens (including phenoxy) is 1. The van der Waals surface area contributed by atoms with Crippen molar-refractivity contribution in [1.82, 2.24) is 15.0 Å². The van der Waals surface area contributed by atoms with Gasteiger partial charge in [0.15, 0.2) is 0 Å². The normalized spacial score (nSPS) is 16.0. The Balaban J connectivity index is 2.00. The smallest absolute Gasteiger partial charge is 0.249 e. The monoisotopic (exact) mass is 418 g/mol. The van der Waals surface area contributed by atoms with Gasteiger partial charge in [0.05, 0.1) is 12.1 Å². The van der Waals surface area contributed by atoms with Crippen LogP contribution in [0.2, 0.25) is 0 Å². The molecule has 1 fully saturated rings. The molecule has 3 rings (SSSR count). The number of aromatic nitrogens is 1. The van der Waals surface area contributed by atoms with Gasteiger partial charge in [-0.3, -0.25) is 4.79 Å². The standard InChI is InChI=1S/C22H31FN4O3/c1-5-16(2)27(20(28)15-29-4)14-19-21(17-6-8-18(23)9-7-17)24-30-22(19)26-12-10-25(3)11-13-26/h6-9,16H,5,10-15H2,1-4H3. The second-order valence-corrected chi connectivity index (χ2v) is 7.82. The number of benzene rings is 1. The van der Waals surface area contributed by atoms with Crippen LogP contribution < -0.4 is 4.90 Å². The molecule has 1 aromatic heterocycles. The van der Waals surface area contributed by atoms with Crippen molar-refractivity contribution in [2.24, 2.45) is 0 Å². The molecule has 2 aromatic rings. The molecule has 7 nitrogen and oxygen atoms in total.